The van der Waals surface area contributed by atoms with Gasteiger partial charge in [0.05, 0.1) is 6.54 Å². The van der Waals surface area contributed by atoms with Crippen molar-refractivity contribution >= 4 is 5.91 Å². The van der Waals surface area contributed by atoms with Gasteiger partial charge in [-0.15, -0.1) is 0 Å². The number of amides is 1. The van der Waals surface area contributed by atoms with Crippen molar-refractivity contribution < 1.29 is 4.79 Å². The fourth-order valence-electron chi connectivity index (χ4n) is 2.61. The molecule has 1 saturated heterocycles. The molecule has 92 valence electrons. The van der Waals surface area contributed by atoms with Crippen LogP contribution in [-0.2, 0) is 4.79 Å². The van der Waals surface area contributed by atoms with Crippen LogP contribution in [0.5, 0.6) is 0 Å². The first kappa shape index (κ1) is 11.9. The van der Waals surface area contributed by atoms with Crippen molar-refractivity contribution in [3.8, 4) is 0 Å². The number of carbonyl (C=O) groups is 1. The van der Waals surface area contributed by atoms with E-state index in [0.717, 1.165) is 19.0 Å². The number of nitrogens with zero attached hydrogens (tertiary/aromatic N) is 1. The lowest BCUT2D eigenvalue weighted by Gasteiger charge is -2.33. The second-order valence-corrected chi connectivity index (χ2v) is 5.30. The van der Waals surface area contributed by atoms with Crippen molar-refractivity contribution in [2.24, 2.45) is 5.92 Å². The summed E-state index contributed by atoms with van der Waals surface area (Å²) in [5, 5.41) is 3.39. The van der Waals surface area contributed by atoms with Gasteiger partial charge in [0.15, 0.2) is 0 Å². The molecule has 1 heterocycles. The Hall–Kier alpha value is -0.570. The van der Waals surface area contributed by atoms with Gasteiger partial charge in [0, 0.05) is 19.1 Å². The van der Waals surface area contributed by atoms with Crippen molar-refractivity contribution in [2.45, 2.75) is 51.5 Å². The molecule has 3 nitrogen and oxygen atoms in total. The highest BCUT2D eigenvalue weighted by Crippen LogP contribution is 2.29. The molecule has 1 amide bonds. The minimum absolute atomic E-state index is 0.297. The monoisotopic (exact) mass is 224 g/mol. The second-order valence-electron chi connectivity index (χ2n) is 5.30. The molecule has 0 bridgehead atoms. The molecule has 1 atom stereocenters. The summed E-state index contributed by atoms with van der Waals surface area (Å²) in [4.78, 5) is 13.9. The first-order chi connectivity index (χ1) is 7.77. The number of likely N-dealkylation sites (tertiary alicyclic amines) is 1. The van der Waals surface area contributed by atoms with Gasteiger partial charge in [-0.05, 0) is 44.9 Å². The minimum atomic E-state index is 0.297. The standard InChI is InChI=1S/C13H24N2O/c1-11(12-6-5-7-12)14-10-13(16)15-8-3-2-4-9-15/h11-12,14H,2-10H2,1H3. The molecule has 0 aromatic rings. The maximum Gasteiger partial charge on any atom is 0.236 e. The zero-order chi connectivity index (χ0) is 11.4. The first-order valence-electron chi connectivity index (χ1n) is 6.78. The van der Waals surface area contributed by atoms with Crippen molar-refractivity contribution in [1.82, 2.24) is 10.2 Å². The highest BCUT2D eigenvalue weighted by Gasteiger charge is 2.24. The van der Waals surface area contributed by atoms with Crippen molar-refractivity contribution in [1.29, 1.82) is 0 Å². The zero-order valence-corrected chi connectivity index (χ0v) is 10.4. The first-order valence-corrected chi connectivity index (χ1v) is 6.78. The van der Waals surface area contributed by atoms with E-state index in [1.165, 1.54) is 38.5 Å². The van der Waals surface area contributed by atoms with Gasteiger partial charge < -0.3 is 10.2 Å². The van der Waals surface area contributed by atoms with E-state index >= 15 is 0 Å². The van der Waals surface area contributed by atoms with Crippen LogP contribution >= 0.6 is 0 Å². The molecule has 3 heteroatoms. The number of nitrogens with one attached hydrogen (secondary N) is 1. The molecule has 1 saturated carbocycles. The molecule has 1 N–H and O–H groups in total. The Bertz CT molecular complexity index is 232. The van der Waals surface area contributed by atoms with Crippen LogP contribution in [0.3, 0.4) is 0 Å². The van der Waals surface area contributed by atoms with Crippen LogP contribution in [0.4, 0.5) is 0 Å². The van der Waals surface area contributed by atoms with E-state index in [-0.39, 0.29) is 0 Å². The number of piperidine rings is 1. The van der Waals surface area contributed by atoms with Crippen molar-refractivity contribution in [3.63, 3.8) is 0 Å². The van der Waals surface area contributed by atoms with Gasteiger partial charge in [-0.1, -0.05) is 6.42 Å². The molecule has 1 aliphatic carbocycles. The summed E-state index contributed by atoms with van der Waals surface area (Å²) in [6, 6.07) is 0.516. The number of carbonyl (C=O) groups excluding carboxylic acids is 1. The lowest BCUT2D eigenvalue weighted by Crippen LogP contribution is -2.45. The Morgan fingerprint density at radius 3 is 2.50 bits per heavy atom. The highest BCUT2D eigenvalue weighted by molar-refractivity contribution is 5.78. The summed E-state index contributed by atoms with van der Waals surface area (Å²) < 4.78 is 0. The van der Waals surface area contributed by atoms with Gasteiger partial charge >= 0.3 is 0 Å². The zero-order valence-electron chi connectivity index (χ0n) is 10.4. The molecular formula is C13H24N2O. The van der Waals surface area contributed by atoms with Crippen LogP contribution in [0.2, 0.25) is 0 Å². The third-order valence-corrected chi connectivity index (χ3v) is 4.14. The minimum Gasteiger partial charge on any atom is -0.342 e. The molecule has 1 unspecified atom stereocenters. The number of rotatable bonds is 4. The number of hydrogen-bond acceptors (Lipinski definition) is 2. The molecule has 1 aliphatic heterocycles. The topological polar surface area (TPSA) is 32.3 Å². The van der Waals surface area contributed by atoms with E-state index in [1.54, 1.807) is 0 Å². The second kappa shape index (κ2) is 5.67. The van der Waals surface area contributed by atoms with Gasteiger partial charge in [0.1, 0.15) is 0 Å². The van der Waals surface area contributed by atoms with Crippen LogP contribution < -0.4 is 5.32 Å². The summed E-state index contributed by atoms with van der Waals surface area (Å²) in [6.45, 7) is 4.70. The average molecular weight is 224 g/mol. The largest absolute Gasteiger partial charge is 0.342 e. The molecular weight excluding hydrogens is 200 g/mol. The Balaban J connectivity index is 1.65. The van der Waals surface area contributed by atoms with E-state index in [2.05, 4.69) is 12.2 Å². The quantitative estimate of drug-likeness (QED) is 0.789. The summed E-state index contributed by atoms with van der Waals surface area (Å²) in [7, 11) is 0. The van der Waals surface area contributed by atoms with E-state index in [4.69, 9.17) is 0 Å². The van der Waals surface area contributed by atoms with Crippen LogP contribution in [0, 0.1) is 5.92 Å². The smallest absolute Gasteiger partial charge is 0.236 e. The molecule has 2 aliphatic rings. The van der Waals surface area contributed by atoms with Crippen molar-refractivity contribution in [3.05, 3.63) is 0 Å². The normalized spacial score (nSPS) is 23.9. The SMILES string of the molecule is CC(NCC(=O)N1CCCCC1)C1CCC1. The summed E-state index contributed by atoms with van der Waals surface area (Å²) in [5.41, 5.74) is 0. The van der Waals surface area contributed by atoms with E-state index in [9.17, 15) is 4.79 Å². The summed E-state index contributed by atoms with van der Waals surface area (Å²) in [5.74, 6) is 1.11. The Labute approximate surface area is 98.6 Å². The van der Waals surface area contributed by atoms with Gasteiger partial charge in [-0.2, -0.15) is 0 Å². The van der Waals surface area contributed by atoms with Crippen molar-refractivity contribution in [2.75, 3.05) is 19.6 Å². The Morgan fingerprint density at radius 1 is 1.25 bits per heavy atom. The summed E-state index contributed by atoms with van der Waals surface area (Å²) >= 11 is 0. The molecule has 2 fully saturated rings. The van der Waals surface area contributed by atoms with Crippen LogP contribution in [-0.4, -0.2) is 36.5 Å². The molecule has 16 heavy (non-hydrogen) atoms. The fraction of sp³-hybridized carbons (Fsp3) is 0.923. The number of hydrogen-bond donors (Lipinski definition) is 1. The van der Waals surface area contributed by atoms with Gasteiger partial charge in [0.25, 0.3) is 0 Å². The molecule has 0 aromatic carbocycles. The van der Waals surface area contributed by atoms with Gasteiger partial charge in [-0.25, -0.2) is 0 Å². The maximum atomic E-state index is 11.9. The third kappa shape index (κ3) is 2.97. The Kier molecular flexibility index (Phi) is 4.22. The predicted octanol–water partition coefficient (Wildman–Crippen LogP) is 1.78. The maximum absolute atomic E-state index is 11.9. The molecule has 2 rings (SSSR count). The van der Waals surface area contributed by atoms with Gasteiger partial charge in [0.2, 0.25) is 5.91 Å². The van der Waals surface area contributed by atoms with Crippen LogP contribution in [0.1, 0.15) is 45.4 Å². The van der Waals surface area contributed by atoms with E-state index < -0.39 is 0 Å². The predicted molar refractivity (Wildman–Crippen MR) is 65.2 cm³/mol. The Morgan fingerprint density at radius 2 is 1.94 bits per heavy atom. The average Bonchev–Trinajstić information content (AvgIpc) is 2.25. The lowest BCUT2D eigenvalue weighted by molar-refractivity contribution is -0.131. The molecule has 0 aromatic heterocycles. The molecule has 0 spiro atoms. The lowest BCUT2D eigenvalue weighted by atomic mass is 9.80. The third-order valence-electron chi connectivity index (χ3n) is 4.14. The van der Waals surface area contributed by atoms with E-state index in [0.29, 0.717) is 18.5 Å². The van der Waals surface area contributed by atoms with Crippen LogP contribution in [0.25, 0.3) is 0 Å². The van der Waals surface area contributed by atoms with Gasteiger partial charge in [-0.3, -0.25) is 4.79 Å². The van der Waals surface area contributed by atoms with E-state index in [1.807, 2.05) is 4.90 Å². The fourth-order valence-corrected chi connectivity index (χ4v) is 2.61. The highest BCUT2D eigenvalue weighted by atomic mass is 16.2. The van der Waals surface area contributed by atoms with Crippen LogP contribution in [0.15, 0.2) is 0 Å². The summed E-state index contributed by atoms with van der Waals surface area (Å²) in [6.07, 6.45) is 7.71. The molecule has 0 radical (unpaired) electrons.